The highest BCUT2D eigenvalue weighted by Crippen LogP contribution is 2.34. The molecule has 1 fully saturated rings. The van der Waals surface area contributed by atoms with Crippen LogP contribution in [0, 0.1) is 6.92 Å². The van der Waals surface area contributed by atoms with Gasteiger partial charge in [-0.25, -0.2) is 4.98 Å². The smallest absolute Gasteiger partial charge is 0.203 e. The van der Waals surface area contributed by atoms with Gasteiger partial charge in [0, 0.05) is 28.7 Å². The number of rotatable bonds is 4. The van der Waals surface area contributed by atoms with Gasteiger partial charge in [-0.2, -0.15) is 0 Å². The van der Waals surface area contributed by atoms with Crippen molar-refractivity contribution >= 4 is 21.9 Å². The van der Waals surface area contributed by atoms with Crippen molar-refractivity contribution in [3.8, 4) is 5.75 Å². The monoisotopic (exact) mass is 347 g/mol. The van der Waals surface area contributed by atoms with Crippen LogP contribution in [0.4, 0.5) is 5.95 Å². The van der Waals surface area contributed by atoms with Crippen molar-refractivity contribution in [2.75, 3.05) is 11.9 Å². The van der Waals surface area contributed by atoms with Crippen LogP contribution in [0.5, 0.6) is 5.75 Å². The van der Waals surface area contributed by atoms with E-state index in [1.807, 2.05) is 6.92 Å². The van der Waals surface area contributed by atoms with Crippen molar-refractivity contribution in [2.24, 2.45) is 0 Å². The molecule has 0 atom stereocenters. The molecular weight excluding hydrogens is 330 g/mol. The molecule has 0 saturated heterocycles. The second-order valence-corrected chi connectivity index (χ2v) is 6.82. The van der Waals surface area contributed by atoms with Gasteiger partial charge in [0.05, 0.1) is 18.8 Å². The normalized spacial score (nSPS) is 16.7. The molecule has 2 heterocycles. The lowest BCUT2D eigenvalue weighted by Crippen LogP contribution is -2.10. The molecule has 0 bridgehead atoms. The zero-order valence-corrected chi connectivity index (χ0v) is 13.6. The molecule has 0 spiro atoms. The lowest BCUT2D eigenvalue weighted by atomic mass is 10.1. The van der Waals surface area contributed by atoms with Crippen LogP contribution < -0.4 is 10.1 Å². The molecule has 21 heavy (non-hydrogen) atoms. The van der Waals surface area contributed by atoms with Gasteiger partial charge in [-0.15, -0.1) is 0 Å². The number of anilines is 1. The van der Waals surface area contributed by atoms with Gasteiger partial charge in [-0.1, -0.05) is 15.9 Å². The molecule has 0 amide bonds. The molecule has 5 heteroatoms. The zero-order valence-electron chi connectivity index (χ0n) is 12.0. The van der Waals surface area contributed by atoms with E-state index >= 15 is 0 Å². The van der Waals surface area contributed by atoms with Crippen LogP contribution in [0.3, 0.4) is 0 Å². The fourth-order valence-electron chi connectivity index (χ4n) is 2.84. The molecule has 2 aliphatic rings. The quantitative estimate of drug-likeness (QED) is 0.919. The van der Waals surface area contributed by atoms with E-state index in [0.717, 1.165) is 41.4 Å². The third-order valence-electron chi connectivity index (χ3n) is 3.97. The van der Waals surface area contributed by atoms with Crippen LogP contribution in [-0.2, 0) is 13.0 Å². The molecule has 1 saturated carbocycles. The van der Waals surface area contributed by atoms with Gasteiger partial charge in [-0.05, 0) is 37.5 Å². The molecule has 4 rings (SSSR count). The summed E-state index contributed by atoms with van der Waals surface area (Å²) >= 11 is 3.61. The van der Waals surface area contributed by atoms with Gasteiger partial charge in [0.2, 0.25) is 5.95 Å². The Balaban J connectivity index is 1.67. The van der Waals surface area contributed by atoms with Gasteiger partial charge < -0.3 is 14.6 Å². The molecule has 2 aromatic rings. The second-order valence-electron chi connectivity index (χ2n) is 5.90. The topological polar surface area (TPSA) is 39.1 Å². The van der Waals surface area contributed by atoms with Gasteiger partial charge in [-0.3, -0.25) is 0 Å². The average Bonchev–Trinajstić information content (AvgIpc) is 2.99. The minimum atomic E-state index is 0.607. The maximum atomic E-state index is 5.82. The summed E-state index contributed by atoms with van der Waals surface area (Å²) in [5.74, 6) is 2.03. The van der Waals surface area contributed by atoms with Crippen molar-refractivity contribution < 1.29 is 4.74 Å². The number of fused-ring (bicyclic) bond motifs is 1. The third-order valence-corrected chi connectivity index (χ3v) is 4.43. The van der Waals surface area contributed by atoms with Crippen molar-refractivity contribution in [3.63, 3.8) is 0 Å². The summed E-state index contributed by atoms with van der Waals surface area (Å²) in [7, 11) is 0. The summed E-state index contributed by atoms with van der Waals surface area (Å²) in [5.41, 5.74) is 3.56. The summed E-state index contributed by atoms with van der Waals surface area (Å²) in [6, 6.07) is 4.92. The molecule has 1 aliphatic carbocycles. The van der Waals surface area contributed by atoms with E-state index in [9.17, 15) is 0 Å². The summed E-state index contributed by atoms with van der Waals surface area (Å²) < 4.78 is 9.13. The van der Waals surface area contributed by atoms with Crippen molar-refractivity contribution in [1.82, 2.24) is 9.55 Å². The number of hydrogen-bond acceptors (Lipinski definition) is 3. The number of aromatic nitrogens is 2. The minimum Gasteiger partial charge on any atom is -0.493 e. The predicted octanol–water partition coefficient (Wildman–Crippen LogP) is 3.51. The first kappa shape index (κ1) is 13.2. The summed E-state index contributed by atoms with van der Waals surface area (Å²) in [4.78, 5) is 4.60. The van der Waals surface area contributed by atoms with E-state index in [-0.39, 0.29) is 0 Å². The van der Waals surface area contributed by atoms with Crippen molar-refractivity contribution in [3.05, 3.63) is 39.6 Å². The van der Waals surface area contributed by atoms with Crippen LogP contribution in [-0.4, -0.2) is 22.2 Å². The molecule has 1 aromatic carbocycles. The maximum absolute atomic E-state index is 5.82. The lowest BCUT2D eigenvalue weighted by Gasteiger charge is -2.12. The highest BCUT2D eigenvalue weighted by Gasteiger charge is 2.24. The van der Waals surface area contributed by atoms with Crippen LogP contribution in [0.25, 0.3) is 0 Å². The second kappa shape index (κ2) is 5.05. The standard InChI is InChI=1S/C16H18BrN3O/c1-10-8-20(16(18-10)19-14-2-3-14)9-12-7-13(17)6-11-4-5-21-15(11)12/h6-8,14H,2-5,9H2,1H3,(H,18,19). The van der Waals surface area contributed by atoms with Crippen LogP contribution >= 0.6 is 15.9 Å². The number of ether oxygens (including phenoxy) is 1. The maximum Gasteiger partial charge on any atom is 0.203 e. The molecule has 1 N–H and O–H groups in total. The van der Waals surface area contributed by atoms with Crippen molar-refractivity contribution in [1.29, 1.82) is 0 Å². The Hall–Kier alpha value is -1.49. The summed E-state index contributed by atoms with van der Waals surface area (Å²) in [6.07, 6.45) is 5.60. The molecule has 1 aromatic heterocycles. The van der Waals surface area contributed by atoms with Crippen LogP contribution in [0.15, 0.2) is 22.8 Å². The number of aryl methyl sites for hydroxylation is 1. The number of hydrogen-bond donors (Lipinski definition) is 1. The van der Waals surface area contributed by atoms with Crippen LogP contribution in [0.1, 0.15) is 29.7 Å². The number of imidazole rings is 1. The molecule has 4 nitrogen and oxygen atoms in total. The minimum absolute atomic E-state index is 0.607. The highest BCUT2D eigenvalue weighted by molar-refractivity contribution is 9.10. The first-order chi connectivity index (χ1) is 10.2. The number of benzene rings is 1. The molecular formula is C16H18BrN3O. The SMILES string of the molecule is Cc1cn(Cc2cc(Br)cc3c2OCC3)c(NC2CC2)n1. The number of halogens is 1. The summed E-state index contributed by atoms with van der Waals surface area (Å²) in [5, 5.41) is 3.51. The van der Waals surface area contributed by atoms with Gasteiger partial charge >= 0.3 is 0 Å². The largest absolute Gasteiger partial charge is 0.493 e. The molecule has 0 radical (unpaired) electrons. The fourth-order valence-corrected chi connectivity index (χ4v) is 3.39. The zero-order chi connectivity index (χ0) is 14.4. The first-order valence-electron chi connectivity index (χ1n) is 7.43. The average molecular weight is 348 g/mol. The van der Waals surface area contributed by atoms with Gasteiger partial charge in [0.1, 0.15) is 5.75 Å². The fraction of sp³-hybridized carbons (Fsp3) is 0.438. The van der Waals surface area contributed by atoms with E-state index < -0.39 is 0 Å². The van der Waals surface area contributed by atoms with E-state index in [0.29, 0.717) is 6.04 Å². The molecule has 1 aliphatic heterocycles. The predicted molar refractivity (Wildman–Crippen MR) is 86.1 cm³/mol. The Labute approximate surface area is 132 Å². The Kier molecular flexibility index (Phi) is 3.17. The Morgan fingerprint density at radius 2 is 2.29 bits per heavy atom. The van der Waals surface area contributed by atoms with Gasteiger partial charge in [0.15, 0.2) is 0 Å². The van der Waals surface area contributed by atoms with Crippen LogP contribution in [0.2, 0.25) is 0 Å². The first-order valence-corrected chi connectivity index (χ1v) is 8.23. The third kappa shape index (κ3) is 2.67. The molecule has 0 unspecified atom stereocenters. The molecule has 110 valence electrons. The Bertz CT molecular complexity index is 691. The van der Waals surface area contributed by atoms with Crippen molar-refractivity contribution in [2.45, 2.75) is 38.8 Å². The van der Waals surface area contributed by atoms with E-state index in [4.69, 9.17) is 4.74 Å². The Morgan fingerprint density at radius 1 is 1.43 bits per heavy atom. The number of nitrogens with zero attached hydrogens (tertiary/aromatic N) is 2. The van der Waals surface area contributed by atoms with E-state index in [1.165, 1.54) is 24.0 Å². The van der Waals surface area contributed by atoms with E-state index in [1.54, 1.807) is 0 Å². The lowest BCUT2D eigenvalue weighted by molar-refractivity contribution is 0.352. The Morgan fingerprint density at radius 3 is 3.10 bits per heavy atom. The number of nitrogens with one attached hydrogen (secondary N) is 1. The highest BCUT2D eigenvalue weighted by atomic mass is 79.9. The van der Waals surface area contributed by atoms with Gasteiger partial charge in [0.25, 0.3) is 0 Å². The summed E-state index contributed by atoms with van der Waals surface area (Å²) in [6.45, 7) is 3.61. The van der Waals surface area contributed by atoms with E-state index in [2.05, 4.69) is 49.1 Å².